The van der Waals surface area contributed by atoms with Gasteiger partial charge in [0, 0.05) is 6.54 Å². The van der Waals surface area contributed by atoms with Crippen molar-refractivity contribution in [3.63, 3.8) is 0 Å². The van der Waals surface area contributed by atoms with Crippen LogP contribution in [0.4, 0.5) is 4.39 Å². The average molecular weight is 338 g/mol. The van der Waals surface area contributed by atoms with Gasteiger partial charge in [0.1, 0.15) is 6.04 Å². The lowest BCUT2D eigenvalue weighted by Gasteiger charge is -2.33. The van der Waals surface area contributed by atoms with E-state index in [0.29, 0.717) is 13.0 Å². The zero-order valence-corrected chi connectivity index (χ0v) is 13.1. The molecule has 1 aliphatic heterocycles. The van der Waals surface area contributed by atoms with Crippen LogP contribution in [0, 0.1) is 5.82 Å². The van der Waals surface area contributed by atoms with Gasteiger partial charge in [-0.2, -0.15) is 0 Å². The van der Waals surface area contributed by atoms with E-state index in [0.717, 1.165) is 12.8 Å². The number of esters is 1. The molecular weight excluding hydrogens is 319 g/mol. The Bertz CT molecular complexity index is 622. The number of likely N-dealkylation sites (tertiary alicyclic amines) is 1. The van der Waals surface area contributed by atoms with Gasteiger partial charge in [-0.3, -0.25) is 9.59 Å². The number of carbonyl (C=O) groups excluding carboxylic acids is 3. The Labute approximate surface area is 138 Å². The maximum Gasteiger partial charge on any atom is 0.344 e. The summed E-state index contributed by atoms with van der Waals surface area (Å²) in [5.41, 5.74) is 5.28. The fraction of sp³-hybridized carbons (Fsp3) is 0.438. The monoisotopic (exact) mass is 338 g/mol. The molecule has 130 valence electrons. The number of rotatable bonds is 6. The summed E-state index contributed by atoms with van der Waals surface area (Å²) >= 11 is 0. The van der Waals surface area contributed by atoms with Gasteiger partial charge in [-0.1, -0.05) is 12.1 Å². The van der Waals surface area contributed by atoms with E-state index in [4.69, 9.17) is 15.2 Å². The van der Waals surface area contributed by atoms with Crippen LogP contribution in [0.2, 0.25) is 0 Å². The van der Waals surface area contributed by atoms with E-state index in [1.807, 2.05) is 0 Å². The van der Waals surface area contributed by atoms with Crippen LogP contribution in [-0.4, -0.2) is 48.5 Å². The van der Waals surface area contributed by atoms with Crippen LogP contribution < -0.4 is 10.5 Å². The highest BCUT2D eigenvalue weighted by molar-refractivity contribution is 5.88. The normalized spacial score (nSPS) is 17.2. The molecule has 0 radical (unpaired) electrons. The highest BCUT2D eigenvalue weighted by Gasteiger charge is 2.30. The minimum atomic E-state index is -0.806. The van der Waals surface area contributed by atoms with E-state index in [1.165, 1.54) is 23.1 Å². The molecule has 2 amide bonds. The third kappa shape index (κ3) is 4.68. The largest absolute Gasteiger partial charge is 0.479 e. The predicted octanol–water partition coefficient (Wildman–Crippen LogP) is 0.614. The van der Waals surface area contributed by atoms with Gasteiger partial charge < -0.3 is 20.1 Å². The first-order valence-electron chi connectivity index (χ1n) is 7.61. The smallest absolute Gasteiger partial charge is 0.344 e. The second-order valence-electron chi connectivity index (χ2n) is 5.38. The molecule has 1 aromatic rings. The molecular formula is C16H19FN2O5. The van der Waals surface area contributed by atoms with Gasteiger partial charge in [0.05, 0.1) is 0 Å². The molecule has 0 spiro atoms. The number of primary amides is 1. The zero-order valence-electron chi connectivity index (χ0n) is 13.1. The summed E-state index contributed by atoms with van der Waals surface area (Å²) < 4.78 is 23.1. The van der Waals surface area contributed by atoms with Crippen molar-refractivity contribution >= 4 is 17.8 Å². The summed E-state index contributed by atoms with van der Waals surface area (Å²) in [7, 11) is 0. The molecule has 1 aromatic carbocycles. The number of nitrogens with zero attached hydrogens (tertiary/aromatic N) is 1. The maximum atomic E-state index is 13.3. The lowest BCUT2D eigenvalue weighted by atomic mass is 10.0. The molecule has 8 heteroatoms. The molecule has 1 saturated heterocycles. The molecule has 1 atom stereocenters. The van der Waals surface area contributed by atoms with Crippen molar-refractivity contribution in [1.29, 1.82) is 0 Å². The highest BCUT2D eigenvalue weighted by atomic mass is 19.1. The van der Waals surface area contributed by atoms with E-state index < -0.39 is 42.9 Å². The third-order valence-corrected chi connectivity index (χ3v) is 3.69. The number of benzene rings is 1. The third-order valence-electron chi connectivity index (χ3n) is 3.69. The van der Waals surface area contributed by atoms with E-state index >= 15 is 0 Å². The number of nitrogens with two attached hydrogens (primary N) is 1. The van der Waals surface area contributed by atoms with E-state index in [-0.39, 0.29) is 5.75 Å². The second-order valence-corrected chi connectivity index (χ2v) is 5.38. The number of hydrogen-bond donors (Lipinski definition) is 1. The van der Waals surface area contributed by atoms with E-state index in [1.54, 1.807) is 6.07 Å². The molecule has 0 bridgehead atoms. The van der Waals surface area contributed by atoms with E-state index in [9.17, 15) is 18.8 Å². The Morgan fingerprint density at radius 1 is 1.21 bits per heavy atom. The summed E-state index contributed by atoms with van der Waals surface area (Å²) in [5.74, 6) is -2.54. The van der Waals surface area contributed by atoms with Crippen LogP contribution in [-0.2, 0) is 19.1 Å². The van der Waals surface area contributed by atoms with Crippen molar-refractivity contribution in [2.24, 2.45) is 5.73 Å². The van der Waals surface area contributed by atoms with Crippen LogP contribution in [0.1, 0.15) is 19.3 Å². The van der Waals surface area contributed by atoms with Crippen LogP contribution in [0.3, 0.4) is 0 Å². The summed E-state index contributed by atoms with van der Waals surface area (Å²) in [4.78, 5) is 36.4. The van der Waals surface area contributed by atoms with Crippen molar-refractivity contribution in [2.75, 3.05) is 19.8 Å². The van der Waals surface area contributed by atoms with Gasteiger partial charge in [0.25, 0.3) is 5.91 Å². The molecule has 0 aliphatic carbocycles. The molecule has 0 aromatic heterocycles. The number of halogens is 1. The molecule has 1 heterocycles. The first kappa shape index (κ1) is 17.7. The van der Waals surface area contributed by atoms with Crippen LogP contribution in [0.25, 0.3) is 0 Å². The standard InChI is InChI=1S/C16H19FN2O5/c17-11-5-1-2-7-13(11)23-10-15(21)24-9-14(20)19-8-4-3-6-12(19)16(18)22/h1-2,5,7,12H,3-4,6,8-10H2,(H2,18,22)/t12-/m0/s1. The van der Waals surface area contributed by atoms with Gasteiger partial charge in [0.15, 0.2) is 24.8 Å². The summed E-state index contributed by atoms with van der Waals surface area (Å²) in [6.07, 6.45) is 2.08. The Morgan fingerprint density at radius 2 is 1.96 bits per heavy atom. The summed E-state index contributed by atoms with van der Waals surface area (Å²) in [6, 6.07) is 4.96. The Hall–Kier alpha value is -2.64. The number of carbonyl (C=O) groups is 3. The average Bonchev–Trinajstić information content (AvgIpc) is 2.59. The number of piperidine rings is 1. The number of amides is 2. The van der Waals surface area contributed by atoms with Crippen molar-refractivity contribution < 1.29 is 28.2 Å². The van der Waals surface area contributed by atoms with Crippen LogP contribution in [0.15, 0.2) is 24.3 Å². The number of ether oxygens (including phenoxy) is 2. The van der Waals surface area contributed by atoms with Crippen LogP contribution in [0.5, 0.6) is 5.75 Å². The topological polar surface area (TPSA) is 98.9 Å². The van der Waals surface area contributed by atoms with Gasteiger partial charge in [-0.05, 0) is 31.4 Å². The van der Waals surface area contributed by atoms with Gasteiger partial charge in [-0.25, -0.2) is 9.18 Å². The second kappa shape index (κ2) is 8.28. The minimum Gasteiger partial charge on any atom is -0.479 e. The Morgan fingerprint density at radius 3 is 2.67 bits per heavy atom. The van der Waals surface area contributed by atoms with Gasteiger partial charge >= 0.3 is 5.97 Å². The van der Waals surface area contributed by atoms with Crippen molar-refractivity contribution in [2.45, 2.75) is 25.3 Å². The van der Waals surface area contributed by atoms with Crippen molar-refractivity contribution in [3.05, 3.63) is 30.1 Å². The molecule has 24 heavy (non-hydrogen) atoms. The molecule has 1 aliphatic rings. The fourth-order valence-electron chi connectivity index (χ4n) is 2.49. The minimum absolute atomic E-state index is 0.0781. The maximum absolute atomic E-state index is 13.3. The fourth-order valence-corrected chi connectivity index (χ4v) is 2.49. The highest BCUT2D eigenvalue weighted by Crippen LogP contribution is 2.17. The Kier molecular flexibility index (Phi) is 6.11. The van der Waals surface area contributed by atoms with Crippen molar-refractivity contribution in [3.8, 4) is 5.75 Å². The lowest BCUT2D eigenvalue weighted by Crippen LogP contribution is -2.51. The molecule has 2 rings (SSSR count). The predicted molar refractivity (Wildman–Crippen MR) is 81.4 cm³/mol. The first-order chi connectivity index (χ1) is 11.5. The SMILES string of the molecule is NC(=O)[C@@H]1CCCCN1C(=O)COC(=O)COc1ccccc1F. The van der Waals surface area contributed by atoms with Gasteiger partial charge in [-0.15, -0.1) is 0 Å². The molecule has 2 N–H and O–H groups in total. The van der Waals surface area contributed by atoms with Gasteiger partial charge in [0.2, 0.25) is 5.91 Å². The quantitative estimate of drug-likeness (QED) is 0.767. The first-order valence-corrected chi connectivity index (χ1v) is 7.61. The van der Waals surface area contributed by atoms with Crippen LogP contribution >= 0.6 is 0 Å². The number of hydrogen-bond acceptors (Lipinski definition) is 5. The molecule has 7 nitrogen and oxygen atoms in total. The molecule has 0 saturated carbocycles. The number of para-hydroxylation sites is 1. The molecule has 0 unspecified atom stereocenters. The summed E-state index contributed by atoms with van der Waals surface area (Å²) in [6.45, 7) is -0.633. The summed E-state index contributed by atoms with van der Waals surface area (Å²) in [5, 5.41) is 0. The Balaban J connectivity index is 1.79. The van der Waals surface area contributed by atoms with Crippen molar-refractivity contribution in [1.82, 2.24) is 4.90 Å². The zero-order chi connectivity index (χ0) is 17.5. The lowest BCUT2D eigenvalue weighted by molar-refractivity contribution is -0.156. The van der Waals surface area contributed by atoms with E-state index in [2.05, 4.69) is 0 Å². The molecule has 1 fully saturated rings.